The smallest absolute Gasteiger partial charge is 0.252 e. The molecule has 2 amide bonds. The third kappa shape index (κ3) is 10.5. The Labute approximate surface area is 284 Å². The van der Waals surface area contributed by atoms with Crippen molar-refractivity contribution in [2.75, 3.05) is 26.4 Å². The quantitative estimate of drug-likeness (QED) is 0.204. The molecule has 0 saturated carbocycles. The van der Waals surface area contributed by atoms with Crippen LogP contribution in [0.1, 0.15) is 52.2 Å². The molecule has 0 aromatic heterocycles. The molecule has 1 heterocycles. The number of carbonyl (C=O) groups is 2. The van der Waals surface area contributed by atoms with E-state index in [0.29, 0.717) is 18.0 Å². The van der Waals surface area contributed by atoms with Crippen LogP contribution in [-0.4, -0.2) is 73.2 Å². The predicted octanol–water partition coefficient (Wildman–Crippen LogP) is 4.12. The SMILES string of the molecule is CC(C)CN(C[C@@H](O)C(Cc1ccccc1)N(NC(=O)CNCc1ccccc1)C(=O)CC(C)(C)C)S(=O)(=O)c1ccc2c(c1)OCO2. The minimum atomic E-state index is -4.12. The number of aliphatic hydroxyl groups is 1. The Morgan fingerprint density at radius 3 is 2.15 bits per heavy atom. The third-order valence-electron chi connectivity index (χ3n) is 7.66. The fourth-order valence-electron chi connectivity index (χ4n) is 5.41. The van der Waals surface area contributed by atoms with Gasteiger partial charge in [-0.3, -0.25) is 15.0 Å². The summed E-state index contributed by atoms with van der Waals surface area (Å²) in [7, 11) is -4.12. The predicted molar refractivity (Wildman–Crippen MR) is 183 cm³/mol. The molecule has 0 radical (unpaired) electrons. The number of nitrogens with one attached hydrogen (secondary N) is 2. The molecule has 0 spiro atoms. The molecular formula is C36H48N4O7S. The maximum absolute atomic E-state index is 14.0. The number of nitrogens with zero attached hydrogens (tertiary/aromatic N) is 2. The van der Waals surface area contributed by atoms with E-state index in [9.17, 15) is 23.1 Å². The van der Waals surface area contributed by atoms with E-state index in [0.717, 1.165) is 11.1 Å². The van der Waals surface area contributed by atoms with Crippen molar-refractivity contribution in [3.05, 3.63) is 90.0 Å². The summed E-state index contributed by atoms with van der Waals surface area (Å²) in [5.41, 5.74) is 4.14. The van der Waals surface area contributed by atoms with Crippen LogP contribution in [0, 0.1) is 11.3 Å². The topological polar surface area (TPSA) is 138 Å². The van der Waals surface area contributed by atoms with Gasteiger partial charge < -0.3 is 19.9 Å². The molecule has 0 fully saturated rings. The monoisotopic (exact) mass is 680 g/mol. The van der Waals surface area contributed by atoms with E-state index in [4.69, 9.17) is 9.47 Å². The van der Waals surface area contributed by atoms with Gasteiger partial charge in [0.25, 0.3) is 5.91 Å². The van der Waals surface area contributed by atoms with E-state index in [2.05, 4.69) is 10.7 Å². The van der Waals surface area contributed by atoms with Crippen molar-refractivity contribution in [2.24, 2.45) is 11.3 Å². The van der Waals surface area contributed by atoms with Crippen LogP contribution >= 0.6 is 0 Å². The molecule has 1 aliphatic rings. The summed E-state index contributed by atoms with van der Waals surface area (Å²) in [5, 5.41) is 16.3. The van der Waals surface area contributed by atoms with Gasteiger partial charge in [0, 0.05) is 32.1 Å². The van der Waals surface area contributed by atoms with Crippen LogP contribution < -0.4 is 20.2 Å². The second-order valence-corrected chi connectivity index (χ2v) is 15.6. The zero-order valence-electron chi connectivity index (χ0n) is 28.4. The van der Waals surface area contributed by atoms with Gasteiger partial charge in [0.05, 0.1) is 23.6 Å². The normalized spacial score (nSPS) is 14.2. The Balaban J connectivity index is 1.64. The molecule has 48 heavy (non-hydrogen) atoms. The number of hydrogen-bond donors (Lipinski definition) is 3. The number of ether oxygens (including phenoxy) is 2. The first-order valence-corrected chi connectivity index (χ1v) is 17.6. The second-order valence-electron chi connectivity index (χ2n) is 13.7. The third-order valence-corrected chi connectivity index (χ3v) is 9.49. The van der Waals surface area contributed by atoms with E-state index < -0.39 is 39.4 Å². The number of aliphatic hydroxyl groups excluding tert-OH is 1. The molecule has 0 saturated heterocycles. The highest BCUT2D eigenvalue weighted by molar-refractivity contribution is 7.89. The minimum absolute atomic E-state index is 0.000345. The lowest BCUT2D eigenvalue weighted by molar-refractivity contribution is -0.149. The summed E-state index contributed by atoms with van der Waals surface area (Å²) < 4.78 is 40.1. The van der Waals surface area contributed by atoms with Crippen LogP contribution in [0.5, 0.6) is 11.5 Å². The number of rotatable bonds is 15. The lowest BCUT2D eigenvalue weighted by Crippen LogP contribution is -2.60. The molecule has 260 valence electrons. The maximum atomic E-state index is 14.0. The molecule has 3 aromatic carbocycles. The first-order chi connectivity index (χ1) is 22.7. The lowest BCUT2D eigenvalue weighted by atomic mass is 9.91. The molecule has 1 unspecified atom stereocenters. The van der Waals surface area contributed by atoms with Gasteiger partial charge in [-0.2, -0.15) is 4.31 Å². The van der Waals surface area contributed by atoms with Crippen molar-refractivity contribution in [1.29, 1.82) is 0 Å². The van der Waals surface area contributed by atoms with E-state index in [-0.39, 0.29) is 50.1 Å². The summed E-state index contributed by atoms with van der Waals surface area (Å²) in [6, 6.07) is 22.3. The molecule has 0 aliphatic carbocycles. The molecule has 3 aromatic rings. The number of amides is 2. The summed E-state index contributed by atoms with van der Waals surface area (Å²) in [4.78, 5) is 27.3. The Hall–Kier alpha value is -3.97. The molecule has 3 N–H and O–H groups in total. The zero-order valence-corrected chi connectivity index (χ0v) is 29.2. The fraction of sp³-hybridized carbons (Fsp3) is 0.444. The number of carbonyl (C=O) groups excluding carboxylic acids is 2. The van der Waals surface area contributed by atoms with Gasteiger partial charge in [-0.25, -0.2) is 13.4 Å². The van der Waals surface area contributed by atoms with Crippen LogP contribution in [-0.2, 0) is 32.6 Å². The minimum Gasteiger partial charge on any atom is -0.454 e. The highest BCUT2D eigenvalue weighted by Gasteiger charge is 2.37. The van der Waals surface area contributed by atoms with Gasteiger partial charge in [-0.1, -0.05) is 95.3 Å². The van der Waals surface area contributed by atoms with Gasteiger partial charge in [0.15, 0.2) is 11.5 Å². The summed E-state index contributed by atoms with van der Waals surface area (Å²) in [6.45, 7) is 9.66. The number of benzene rings is 3. The molecule has 0 bridgehead atoms. The molecule has 1 aliphatic heterocycles. The van der Waals surface area contributed by atoms with Crippen LogP contribution in [0.2, 0.25) is 0 Å². The van der Waals surface area contributed by atoms with Gasteiger partial charge in [-0.15, -0.1) is 0 Å². The average Bonchev–Trinajstić information content (AvgIpc) is 3.50. The summed E-state index contributed by atoms with van der Waals surface area (Å²) >= 11 is 0. The largest absolute Gasteiger partial charge is 0.454 e. The highest BCUT2D eigenvalue weighted by atomic mass is 32.2. The van der Waals surface area contributed by atoms with Crippen LogP contribution in [0.15, 0.2) is 83.8 Å². The van der Waals surface area contributed by atoms with Crippen LogP contribution in [0.3, 0.4) is 0 Å². The number of fused-ring (bicyclic) bond motifs is 1. The molecule has 11 nitrogen and oxygen atoms in total. The Bertz CT molecular complexity index is 1610. The Morgan fingerprint density at radius 1 is 0.896 bits per heavy atom. The van der Waals surface area contributed by atoms with Crippen molar-refractivity contribution in [3.8, 4) is 11.5 Å². The first kappa shape index (κ1) is 36.9. The van der Waals surface area contributed by atoms with Gasteiger partial charge in [0.1, 0.15) is 0 Å². The molecule has 2 atom stereocenters. The van der Waals surface area contributed by atoms with E-state index in [1.807, 2.05) is 95.3 Å². The van der Waals surface area contributed by atoms with E-state index in [1.165, 1.54) is 21.4 Å². The van der Waals surface area contributed by atoms with Crippen molar-refractivity contribution in [2.45, 2.75) is 71.0 Å². The average molecular weight is 681 g/mol. The summed E-state index contributed by atoms with van der Waals surface area (Å²) in [6.07, 6.45) is -1.14. The van der Waals surface area contributed by atoms with Crippen molar-refractivity contribution < 1.29 is 32.6 Å². The van der Waals surface area contributed by atoms with Crippen LogP contribution in [0.4, 0.5) is 0 Å². The van der Waals surface area contributed by atoms with Gasteiger partial charge in [0.2, 0.25) is 22.7 Å². The van der Waals surface area contributed by atoms with Crippen LogP contribution in [0.25, 0.3) is 0 Å². The van der Waals surface area contributed by atoms with Crippen molar-refractivity contribution in [3.63, 3.8) is 0 Å². The Morgan fingerprint density at radius 2 is 1.52 bits per heavy atom. The number of hydrogen-bond acceptors (Lipinski definition) is 8. The van der Waals surface area contributed by atoms with Crippen molar-refractivity contribution in [1.82, 2.24) is 20.1 Å². The first-order valence-electron chi connectivity index (χ1n) is 16.2. The second kappa shape index (κ2) is 16.4. The zero-order chi connectivity index (χ0) is 34.9. The fourth-order valence-corrected chi connectivity index (χ4v) is 7.05. The standard InChI is InChI=1S/C36H48N4O7S/c1-26(2)23-39(48(44,45)29-16-17-32-33(19-29)47-25-46-32)24-31(41)30(18-27-12-8-6-9-13-27)40(35(43)20-36(3,4)5)38-34(42)22-37-21-28-14-10-7-11-15-28/h6-17,19,26,30-31,37,41H,18,20-25H2,1-5H3,(H,38,42)/t30?,31-/m1/s1. The molecule has 4 rings (SSSR count). The molecule has 12 heteroatoms. The Kier molecular flexibility index (Phi) is 12.6. The maximum Gasteiger partial charge on any atom is 0.252 e. The van der Waals surface area contributed by atoms with Crippen molar-refractivity contribution >= 4 is 21.8 Å². The molecular weight excluding hydrogens is 632 g/mol. The highest BCUT2D eigenvalue weighted by Crippen LogP contribution is 2.35. The van der Waals surface area contributed by atoms with E-state index >= 15 is 0 Å². The lowest BCUT2D eigenvalue weighted by Gasteiger charge is -2.38. The summed E-state index contributed by atoms with van der Waals surface area (Å²) in [5.74, 6) is -0.166. The van der Waals surface area contributed by atoms with E-state index in [1.54, 1.807) is 6.07 Å². The number of sulfonamides is 1. The van der Waals surface area contributed by atoms with Gasteiger partial charge in [-0.05, 0) is 41.0 Å². The number of hydrazine groups is 1. The van der Waals surface area contributed by atoms with Gasteiger partial charge >= 0.3 is 0 Å².